The lowest BCUT2D eigenvalue weighted by molar-refractivity contribution is 0.0689. The molecule has 2 aromatic rings. The molecule has 6 heteroatoms. The number of carbonyl (C=O) groups is 1. The van der Waals surface area contributed by atoms with E-state index in [0.717, 1.165) is 11.1 Å². The Kier molecular flexibility index (Phi) is 3.91. The van der Waals surface area contributed by atoms with E-state index in [9.17, 15) is 4.79 Å². The molecule has 0 radical (unpaired) electrons. The SMILES string of the molecule is CCc1c(C(=O)O)nnn1Cc1ccc(CO)cc1. The fraction of sp³-hybridized carbons (Fsp3) is 0.308. The number of aromatic carboxylic acids is 1. The normalized spacial score (nSPS) is 10.6. The summed E-state index contributed by atoms with van der Waals surface area (Å²) in [6.45, 7) is 2.35. The molecule has 0 aliphatic carbocycles. The molecular formula is C13H15N3O3. The van der Waals surface area contributed by atoms with Gasteiger partial charge < -0.3 is 10.2 Å². The van der Waals surface area contributed by atoms with E-state index in [4.69, 9.17) is 10.2 Å². The van der Waals surface area contributed by atoms with E-state index in [1.807, 2.05) is 31.2 Å². The molecule has 0 unspecified atom stereocenters. The predicted molar refractivity (Wildman–Crippen MR) is 67.8 cm³/mol. The van der Waals surface area contributed by atoms with Crippen LogP contribution < -0.4 is 0 Å². The molecule has 0 saturated heterocycles. The van der Waals surface area contributed by atoms with Crippen LogP contribution in [0.4, 0.5) is 0 Å². The second-order valence-corrected chi connectivity index (χ2v) is 4.18. The van der Waals surface area contributed by atoms with E-state index in [2.05, 4.69) is 10.3 Å². The van der Waals surface area contributed by atoms with Crippen molar-refractivity contribution in [1.82, 2.24) is 15.0 Å². The van der Waals surface area contributed by atoms with Crippen molar-refractivity contribution in [3.63, 3.8) is 0 Å². The maximum absolute atomic E-state index is 11.0. The number of aromatic nitrogens is 3. The number of carboxylic acid groups (broad SMARTS) is 1. The summed E-state index contributed by atoms with van der Waals surface area (Å²) in [6, 6.07) is 7.42. The zero-order valence-electron chi connectivity index (χ0n) is 10.6. The van der Waals surface area contributed by atoms with Crippen molar-refractivity contribution >= 4 is 5.97 Å². The number of aliphatic hydroxyl groups is 1. The molecule has 0 fully saturated rings. The Hall–Kier alpha value is -2.21. The van der Waals surface area contributed by atoms with Crippen LogP contribution in [-0.4, -0.2) is 31.2 Å². The third-order valence-corrected chi connectivity index (χ3v) is 2.91. The summed E-state index contributed by atoms with van der Waals surface area (Å²) in [4.78, 5) is 11.0. The molecule has 0 saturated carbocycles. The smallest absolute Gasteiger partial charge is 0.358 e. The average Bonchev–Trinajstić information content (AvgIpc) is 2.82. The van der Waals surface area contributed by atoms with Gasteiger partial charge in [0.2, 0.25) is 0 Å². The second-order valence-electron chi connectivity index (χ2n) is 4.18. The minimum atomic E-state index is -1.06. The Morgan fingerprint density at radius 3 is 2.42 bits per heavy atom. The third-order valence-electron chi connectivity index (χ3n) is 2.91. The summed E-state index contributed by atoms with van der Waals surface area (Å²) in [5.41, 5.74) is 2.44. The van der Waals surface area contributed by atoms with Gasteiger partial charge in [-0.25, -0.2) is 9.48 Å². The van der Waals surface area contributed by atoms with Gasteiger partial charge >= 0.3 is 5.97 Å². The number of carboxylic acids is 1. The molecule has 6 nitrogen and oxygen atoms in total. The number of hydrogen-bond donors (Lipinski definition) is 2. The van der Waals surface area contributed by atoms with Crippen LogP contribution in [0, 0.1) is 0 Å². The van der Waals surface area contributed by atoms with Crippen molar-refractivity contribution in [2.45, 2.75) is 26.5 Å². The van der Waals surface area contributed by atoms with Crippen molar-refractivity contribution in [2.75, 3.05) is 0 Å². The minimum absolute atomic E-state index is 0.00692. The largest absolute Gasteiger partial charge is 0.476 e. The molecule has 100 valence electrons. The molecule has 0 aliphatic heterocycles. The molecule has 0 atom stereocenters. The summed E-state index contributed by atoms with van der Waals surface area (Å²) in [5.74, 6) is -1.06. The van der Waals surface area contributed by atoms with Gasteiger partial charge in [0, 0.05) is 0 Å². The van der Waals surface area contributed by atoms with E-state index >= 15 is 0 Å². The van der Waals surface area contributed by atoms with E-state index < -0.39 is 5.97 Å². The van der Waals surface area contributed by atoms with Gasteiger partial charge in [-0.15, -0.1) is 5.10 Å². The first-order valence-electron chi connectivity index (χ1n) is 6.00. The maximum Gasteiger partial charge on any atom is 0.358 e. The molecule has 1 aromatic heterocycles. The lowest BCUT2D eigenvalue weighted by Crippen LogP contribution is -2.08. The summed E-state index contributed by atoms with van der Waals surface area (Å²) < 4.78 is 1.59. The van der Waals surface area contributed by atoms with Gasteiger partial charge in [0.25, 0.3) is 0 Å². The number of hydrogen-bond acceptors (Lipinski definition) is 4. The van der Waals surface area contributed by atoms with Gasteiger partial charge in [0.1, 0.15) is 0 Å². The van der Waals surface area contributed by atoms with Crippen LogP contribution in [0.25, 0.3) is 0 Å². The van der Waals surface area contributed by atoms with Crippen LogP contribution in [-0.2, 0) is 19.6 Å². The van der Waals surface area contributed by atoms with Gasteiger partial charge in [-0.05, 0) is 17.5 Å². The molecule has 1 heterocycles. The lowest BCUT2D eigenvalue weighted by atomic mass is 10.1. The highest BCUT2D eigenvalue weighted by Crippen LogP contribution is 2.11. The highest BCUT2D eigenvalue weighted by atomic mass is 16.4. The van der Waals surface area contributed by atoms with Crippen LogP contribution in [0.15, 0.2) is 24.3 Å². The fourth-order valence-electron chi connectivity index (χ4n) is 1.90. The van der Waals surface area contributed by atoms with Crippen molar-refractivity contribution in [1.29, 1.82) is 0 Å². The van der Waals surface area contributed by atoms with Gasteiger partial charge in [-0.1, -0.05) is 36.4 Å². The van der Waals surface area contributed by atoms with Crippen molar-refractivity contribution in [3.8, 4) is 0 Å². The molecule has 2 N–H and O–H groups in total. The Morgan fingerprint density at radius 1 is 1.26 bits per heavy atom. The quantitative estimate of drug-likeness (QED) is 0.840. The first-order valence-corrected chi connectivity index (χ1v) is 6.00. The predicted octanol–water partition coefficient (Wildman–Crippen LogP) is 1.08. The summed E-state index contributed by atoms with van der Waals surface area (Å²) in [6.07, 6.45) is 0.559. The first kappa shape index (κ1) is 13.2. The molecule has 1 aromatic carbocycles. The summed E-state index contributed by atoms with van der Waals surface area (Å²) in [7, 11) is 0. The van der Waals surface area contributed by atoms with Crippen molar-refractivity contribution in [3.05, 3.63) is 46.8 Å². The Bertz CT molecular complexity index is 575. The number of aliphatic hydroxyl groups excluding tert-OH is 1. The van der Waals surface area contributed by atoms with E-state index in [1.54, 1.807) is 4.68 Å². The third kappa shape index (κ3) is 2.79. The fourth-order valence-corrected chi connectivity index (χ4v) is 1.90. The highest BCUT2D eigenvalue weighted by Gasteiger charge is 2.17. The van der Waals surface area contributed by atoms with Gasteiger partial charge in [0.05, 0.1) is 18.8 Å². The number of rotatable bonds is 5. The second kappa shape index (κ2) is 5.62. The van der Waals surface area contributed by atoms with E-state index in [-0.39, 0.29) is 12.3 Å². The maximum atomic E-state index is 11.0. The summed E-state index contributed by atoms with van der Waals surface area (Å²) >= 11 is 0. The van der Waals surface area contributed by atoms with E-state index in [0.29, 0.717) is 18.7 Å². The molecule has 0 bridgehead atoms. The first-order chi connectivity index (χ1) is 9.15. The molecule has 19 heavy (non-hydrogen) atoms. The Balaban J connectivity index is 2.25. The Labute approximate surface area is 110 Å². The molecule has 0 spiro atoms. The van der Waals surface area contributed by atoms with Crippen molar-refractivity contribution < 1.29 is 15.0 Å². The molecule has 0 amide bonds. The van der Waals surface area contributed by atoms with Crippen molar-refractivity contribution in [2.24, 2.45) is 0 Å². The standard InChI is InChI=1S/C13H15N3O3/c1-2-11-12(13(18)19)14-15-16(11)7-9-3-5-10(8-17)6-4-9/h3-6,17H,2,7-8H2,1H3,(H,18,19). The Morgan fingerprint density at radius 2 is 1.89 bits per heavy atom. The molecular weight excluding hydrogens is 246 g/mol. The number of benzene rings is 1. The van der Waals surface area contributed by atoms with E-state index in [1.165, 1.54) is 0 Å². The zero-order chi connectivity index (χ0) is 13.8. The van der Waals surface area contributed by atoms with Gasteiger partial charge in [-0.2, -0.15) is 0 Å². The molecule has 2 rings (SSSR count). The minimum Gasteiger partial charge on any atom is -0.476 e. The summed E-state index contributed by atoms with van der Waals surface area (Å²) in [5, 5.41) is 25.5. The van der Waals surface area contributed by atoms with Crippen LogP contribution in [0.2, 0.25) is 0 Å². The monoisotopic (exact) mass is 261 g/mol. The number of nitrogens with zero attached hydrogens (tertiary/aromatic N) is 3. The highest BCUT2D eigenvalue weighted by molar-refractivity contribution is 5.86. The zero-order valence-corrected chi connectivity index (χ0v) is 10.6. The topological polar surface area (TPSA) is 88.2 Å². The van der Waals surface area contributed by atoms with Crippen LogP contribution in [0.5, 0.6) is 0 Å². The van der Waals surface area contributed by atoms with Crippen LogP contribution in [0.1, 0.15) is 34.2 Å². The molecule has 0 aliphatic rings. The lowest BCUT2D eigenvalue weighted by Gasteiger charge is -2.06. The van der Waals surface area contributed by atoms with Gasteiger partial charge in [0.15, 0.2) is 5.69 Å². The average molecular weight is 261 g/mol. The van der Waals surface area contributed by atoms with Crippen LogP contribution >= 0.6 is 0 Å². The van der Waals surface area contributed by atoms with Gasteiger partial charge in [-0.3, -0.25) is 0 Å². The van der Waals surface area contributed by atoms with Crippen LogP contribution in [0.3, 0.4) is 0 Å².